The van der Waals surface area contributed by atoms with E-state index in [0.717, 1.165) is 19.0 Å². The fourth-order valence-electron chi connectivity index (χ4n) is 2.31. The summed E-state index contributed by atoms with van der Waals surface area (Å²) in [5.41, 5.74) is 6.23. The summed E-state index contributed by atoms with van der Waals surface area (Å²) in [7, 11) is 0. The van der Waals surface area contributed by atoms with Gasteiger partial charge in [0, 0.05) is 6.54 Å². The van der Waals surface area contributed by atoms with Crippen LogP contribution in [0.2, 0.25) is 0 Å². The zero-order valence-corrected chi connectivity index (χ0v) is 8.58. The fourth-order valence-corrected chi connectivity index (χ4v) is 2.31. The highest BCUT2D eigenvalue weighted by atomic mass is 15.4. The lowest BCUT2D eigenvalue weighted by atomic mass is 9.76. The van der Waals surface area contributed by atoms with Crippen LogP contribution in [0.15, 0.2) is 4.99 Å². The highest BCUT2D eigenvalue weighted by Crippen LogP contribution is 2.40. The second-order valence-electron chi connectivity index (χ2n) is 4.76. The first kappa shape index (κ1) is 8.85. The predicted molar refractivity (Wildman–Crippen MR) is 54.6 cm³/mol. The summed E-state index contributed by atoms with van der Waals surface area (Å²) in [5, 5.41) is 0. The zero-order valence-electron chi connectivity index (χ0n) is 8.58. The first-order valence-electron chi connectivity index (χ1n) is 5.22. The molecule has 0 radical (unpaired) electrons. The summed E-state index contributed by atoms with van der Waals surface area (Å²) in [6, 6.07) is 0. The standard InChI is InChI=1S/C10H19N3/c1-8(2)6-13-9(11)12-7-10(13)4-3-5-10/h8H,3-7H2,1-2H3,(H2,11,12). The lowest BCUT2D eigenvalue weighted by Gasteiger charge is -2.46. The number of nitrogens with two attached hydrogens (primary N) is 1. The number of hydrogen-bond acceptors (Lipinski definition) is 3. The second-order valence-corrected chi connectivity index (χ2v) is 4.76. The van der Waals surface area contributed by atoms with Gasteiger partial charge in [0.15, 0.2) is 5.96 Å². The molecule has 1 aliphatic heterocycles. The molecule has 1 aliphatic carbocycles. The maximum absolute atomic E-state index is 5.89. The van der Waals surface area contributed by atoms with E-state index in [-0.39, 0.29) is 0 Å². The van der Waals surface area contributed by atoms with Crippen LogP contribution in [0.1, 0.15) is 33.1 Å². The van der Waals surface area contributed by atoms with Gasteiger partial charge < -0.3 is 10.6 Å². The van der Waals surface area contributed by atoms with Gasteiger partial charge in [0.1, 0.15) is 0 Å². The molecule has 0 unspecified atom stereocenters. The van der Waals surface area contributed by atoms with Gasteiger partial charge in [-0.3, -0.25) is 4.99 Å². The minimum atomic E-state index is 0.342. The van der Waals surface area contributed by atoms with Crippen molar-refractivity contribution in [2.24, 2.45) is 16.6 Å². The van der Waals surface area contributed by atoms with Gasteiger partial charge in [-0.1, -0.05) is 13.8 Å². The van der Waals surface area contributed by atoms with Crippen LogP contribution in [0.4, 0.5) is 0 Å². The quantitative estimate of drug-likeness (QED) is 0.695. The van der Waals surface area contributed by atoms with Crippen molar-refractivity contribution >= 4 is 5.96 Å². The molecular weight excluding hydrogens is 162 g/mol. The van der Waals surface area contributed by atoms with Crippen molar-refractivity contribution < 1.29 is 0 Å². The molecule has 3 heteroatoms. The van der Waals surface area contributed by atoms with Crippen LogP contribution >= 0.6 is 0 Å². The Morgan fingerprint density at radius 2 is 2.23 bits per heavy atom. The van der Waals surface area contributed by atoms with Crippen LogP contribution < -0.4 is 5.73 Å². The normalized spacial score (nSPS) is 25.2. The summed E-state index contributed by atoms with van der Waals surface area (Å²) in [6.07, 6.45) is 3.91. The number of guanidine groups is 1. The monoisotopic (exact) mass is 181 g/mol. The summed E-state index contributed by atoms with van der Waals surface area (Å²) in [5.74, 6) is 1.44. The van der Waals surface area contributed by atoms with Crippen molar-refractivity contribution in [1.82, 2.24) is 4.90 Å². The predicted octanol–water partition coefficient (Wildman–Crippen LogP) is 1.20. The van der Waals surface area contributed by atoms with E-state index >= 15 is 0 Å². The first-order valence-corrected chi connectivity index (χ1v) is 5.22. The van der Waals surface area contributed by atoms with Crippen molar-refractivity contribution in [3.63, 3.8) is 0 Å². The number of rotatable bonds is 2. The minimum Gasteiger partial charge on any atom is -0.370 e. The lowest BCUT2D eigenvalue weighted by molar-refractivity contribution is 0.0917. The molecule has 0 atom stereocenters. The molecule has 0 amide bonds. The average Bonchev–Trinajstić information content (AvgIpc) is 2.27. The van der Waals surface area contributed by atoms with Crippen molar-refractivity contribution in [3.05, 3.63) is 0 Å². The maximum atomic E-state index is 5.89. The smallest absolute Gasteiger partial charge is 0.191 e. The first-order chi connectivity index (χ1) is 6.14. The van der Waals surface area contributed by atoms with Crippen molar-refractivity contribution in [2.45, 2.75) is 38.6 Å². The summed E-state index contributed by atoms with van der Waals surface area (Å²) in [4.78, 5) is 6.70. The van der Waals surface area contributed by atoms with E-state index in [0.29, 0.717) is 11.5 Å². The molecule has 0 aromatic heterocycles. The van der Waals surface area contributed by atoms with E-state index in [1.165, 1.54) is 19.3 Å². The topological polar surface area (TPSA) is 41.6 Å². The molecular formula is C10H19N3. The van der Waals surface area contributed by atoms with E-state index in [2.05, 4.69) is 23.7 Å². The molecule has 0 aromatic carbocycles. The van der Waals surface area contributed by atoms with Gasteiger partial charge in [0.2, 0.25) is 0 Å². The third-order valence-corrected chi connectivity index (χ3v) is 3.22. The molecule has 13 heavy (non-hydrogen) atoms. The molecule has 0 aromatic rings. The number of nitrogens with zero attached hydrogens (tertiary/aromatic N) is 2. The number of aliphatic imine (C=N–C) groups is 1. The third kappa shape index (κ3) is 1.30. The van der Waals surface area contributed by atoms with Crippen LogP contribution in [0, 0.1) is 5.92 Å². The lowest BCUT2D eigenvalue weighted by Crippen LogP contribution is -2.56. The van der Waals surface area contributed by atoms with E-state index < -0.39 is 0 Å². The molecule has 2 rings (SSSR count). The van der Waals surface area contributed by atoms with Gasteiger partial charge in [0.25, 0.3) is 0 Å². The summed E-state index contributed by atoms with van der Waals surface area (Å²) >= 11 is 0. The Balaban J connectivity index is 2.07. The van der Waals surface area contributed by atoms with Gasteiger partial charge in [-0.2, -0.15) is 0 Å². The Morgan fingerprint density at radius 3 is 2.69 bits per heavy atom. The zero-order chi connectivity index (χ0) is 9.47. The largest absolute Gasteiger partial charge is 0.370 e. The Hall–Kier alpha value is -0.730. The van der Waals surface area contributed by atoms with Crippen LogP contribution in [0.5, 0.6) is 0 Å². The molecule has 1 heterocycles. The SMILES string of the molecule is CC(C)CN1C(N)=NCC12CCC2. The average molecular weight is 181 g/mol. The Kier molecular flexibility index (Phi) is 1.97. The third-order valence-electron chi connectivity index (χ3n) is 3.22. The molecule has 1 fully saturated rings. The Labute approximate surface area is 80.0 Å². The Bertz CT molecular complexity index is 228. The van der Waals surface area contributed by atoms with Crippen LogP contribution in [-0.4, -0.2) is 29.5 Å². The molecule has 1 saturated carbocycles. The Morgan fingerprint density at radius 1 is 1.54 bits per heavy atom. The van der Waals surface area contributed by atoms with Crippen LogP contribution in [0.25, 0.3) is 0 Å². The molecule has 1 spiro atoms. The van der Waals surface area contributed by atoms with Gasteiger partial charge in [0.05, 0.1) is 12.1 Å². The van der Waals surface area contributed by atoms with E-state index in [1.54, 1.807) is 0 Å². The van der Waals surface area contributed by atoms with Gasteiger partial charge in [-0.25, -0.2) is 0 Å². The minimum absolute atomic E-state index is 0.342. The van der Waals surface area contributed by atoms with Gasteiger partial charge >= 0.3 is 0 Å². The molecule has 0 saturated heterocycles. The fraction of sp³-hybridized carbons (Fsp3) is 0.900. The van der Waals surface area contributed by atoms with Gasteiger partial charge in [-0.05, 0) is 25.2 Å². The summed E-state index contributed by atoms with van der Waals surface area (Å²) in [6.45, 7) is 6.47. The maximum Gasteiger partial charge on any atom is 0.191 e. The van der Waals surface area contributed by atoms with Crippen molar-refractivity contribution in [2.75, 3.05) is 13.1 Å². The second kappa shape index (κ2) is 2.89. The molecule has 74 valence electrons. The molecule has 2 N–H and O–H groups in total. The number of hydrogen-bond donors (Lipinski definition) is 1. The van der Waals surface area contributed by atoms with E-state index in [4.69, 9.17) is 5.73 Å². The van der Waals surface area contributed by atoms with E-state index in [1.807, 2.05) is 0 Å². The molecule has 0 bridgehead atoms. The highest BCUT2D eigenvalue weighted by molar-refractivity contribution is 5.81. The van der Waals surface area contributed by atoms with Crippen LogP contribution in [-0.2, 0) is 0 Å². The molecule has 3 nitrogen and oxygen atoms in total. The highest BCUT2D eigenvalue weighted by Gasteiger charge is 2.46. The van der Waals surface area contributed by atoms with Crippen molar-refractivity contribution in [3.8, 4) is 0 Å². The summed E-state index contributed by atoms with van der Waals surface area (Å²) < 4.78 is 0. The van der Waals surface area contributed by atoms with E-state index in [9.17, 15) is 0 Å². The van der Waals surface area contributed by atoms with Crippen LogP contribution in [0.3, 0.4) is 0 Å². The molecule has 2 aliphatic rings. The van der Waals surface area contributed by atoms with Gasteiger partial charge in [-0.15, -0.1) is 0 Å². The van der Waals surface area contributed by atoms with Crippen molar-refractivity contribution in [1.29, 1.82) is 0 Å².